The third-order valence-electron chi connectivity index (χ3n) is 2.62. The molecule has 0 aromatic heterocycles. The third-order valence-corrected chi connectivity index (χ3v) is 2.62. The van der Waals surface area contributed by atoms with Crippen molar-refractivity contribution in [3.8, 4) is 0 Å². The molecular weight excluding hydrogens is 218 g/mol. The van der Waals surface area contributed by atoms with Gasteiger partial charge in [0.2, 0.25) is 0 Å². The van der Waals surface area contributed by atoms with Crippen LogP contribution in [0.5, 0.6) is 0 Å². The van der Waals surface area contributed by atoms with Gasteiger partial charge in [-0.25, -0.2) is 4.79 Å². The van der Waals surface area contributed by atoms with E-state index in [0.29, 0.717) is 17.7 Å². The molecular formula is C13H11NO3. The van der Waals surface area contributed by atoms with Gasteiger partial charge in [-0.3, -0.25) is 9.79 Å². The lowest BCUT2D eigenvalue weighted by molar-refractivity contribution is -0.134. The van der Waals surface area contributed by atoms with Crippen molar-refractivity contribution in [2.75, 3.05) is 0 Å². The number of carboxylic acids is 1. The van der Waals surface area contributed by atoms with Gasteiger partial charge in [0.05, 0.1) is 5.69 Å². The Morgan fingerprint density at radius 1 is 1.29 bits per heavy atom. The number of fused-ring (bicyclic) bond motifs is 1. The van der Waals surface area contributed by atoms with Crippen molar-refractivity contribution < 1.29 is 14.7 Å². The molecule has 4 heteroatoms. The van der Waals surface area contributed by atoms with E-state index in [2.05, 4.69) is 4.99 Å². The number of benzene rings is 1. The molecule has 2 rings (SSSR count). The van der Waals surface area contributed by atoms with Crippen molar-refractivity contribution in [1.82, 2.24) is 0 Å². The van der Waals surface area contributed by atoms with Crippen molar-refractivity contribution in [2.24, 2.45) is 4.99 Å². The summed E-state index contributed by atoms with van der Waals surface area (Å²) in [4.78, 5) is 26.7. The quantitative estimate of drug-likeness (QED) is 0.480. The van der Waals surface area contributed by atoms with Gasteiger partial charge in [0, 0.05) is 18.2 Å². The van der Waals surface area contributed by atoms with Gasteiger partial charge in [0.1, 0.15) is 5.57 Å². The van der Waals surface area contributed by atoms with E-state index in [1.807, 2.05) is 6.07 Å². The number of Topliss-reactive ketones (excluding diaryl/α,β-unsaturated/α-hetero) is 1. The third kappa shape index (κ3) is 2.01. The lowest BCUT2D eigenvalue weighted by atomic mass is 9.92. The molecule has 0 bridgehead atoms. The van der Waals surface area contributed by atoms with Crippen LogP contribution in [0, 0.1) is 0 Å². The van der Waals surface area contributed by atoms with Gasteiger partial charge in [0.15, 0.2) is 5.78 Å². The summed E-state index contributed by atoms with van der Waals surface area (Å²) >= 11 is 0. The minimum absolute atomic E-state index is 0.149. The molecule has 4 nitrogen and oxygen atoms in total. The van der Waals surface area contributed by atoms with Crippen LogP contribution in [-0.2, 0) is 9.59 Å². The second-order valence-corrected chi connectivity index (χ2v) is 3.75. The number of carbonyl (C=O) groups excluding carboxylic acids is 1. The Bertz CT molecular complexity index is 540. The molecule has 0 spiro atoms. The minimum Gasteiger partial charge on any atom is -0.478 e. The van der Waals surface area contributed by atoms with Crippen LogP contribution >= 0.6 is 0 Å². The van der Waals surface area contributed by atoms with Crippen molar-refractivity contribution in [3.63, 3.8) is 0 Å². The number of nitrogens with zero attached hydrogens (tertiary/aromatic N) is 1. The Balaban J connectivity index is 2.68. The summed E-state index contributed by atoms with van der Waals surface area (Å²) in [6.45, 7) is 1.27. The Hall–Kier alpha value is -2.23. The molecule has 1 aromatic carbocycles. The maximum Gasteiger partial charge on any atom is 0.339 e. The summed E-state index contributed by atoms with van der Waals surface area (Å²) in [6.07, 6.45) is 2.00. The summed E-state index contributed by atoms with van der Waals surface area (Å²) in [5, 5.41) is 9.10. The molecule has 0 aliphatic carbocycles. The molecule has 86 valence electrons. The molecule has 1 aliphatic rings. The number of hydrogen-bond donors (Lipinski definition) is 1. The highest BCUT2D eigenvalue weighted by Crippen LogP contribution is 2.33. The van der Waals surface area contributed by atoms with Crippen LogP contribution in [0.1, 0.15) is 18.9 Å². The summed E-state index contributed by atoms with van der Waals surface area (Å²) in [5.41, 5.74) is 1.82. The first-order valence-electron chi connectivity index (χ1n) is 5.20. The number of allylic oxidation sites excluding steroid dienone is 1. The molecule has 0 unspecified atom stereocenters. The van der Waals surface area contributed by atoms with Gasteiger partial charge >= 0.3 is 5.97 Å². The van der Waals surface area contributed by atoms with Crippen LogP contribution < -0.4 is 0 Å². The molecule has 0 radical (unpaired) electrons. The lowest BCUT2D eigenvalue weighted by Gasteiger charge is -2.15. The van der Waals surface area contributed by atoms with E-state index in [1.165, 1.54) is 6.92 Å². The molecule has 0 fully saturated rings. The van der Waals surface area contributed by atoms with Gasteiger partial charge in [-0.1, -0.05) is 18.2 Å². The van der Waals surface area contributed by atoms with E-state index in [-0.39, 0.29) is 5.57 Å². The fraction of sp³-hybridized carbons (Fsp3) is 0.154. The number of hydrogen-bond acceptors (Lipinski definition) is 3. The van der Waals surface area contributed by atoms with Crippen LogP contribution in [0.3, 0.4) is 0 Å². The molecule has 0 atom stereocenters. The van der Waals surface area contributed by atoms with E-state index in [0.717, 1.165) is 5.56 Å². The van der Waals surface area contributed by atoms with Crippen LogP contribution in [0.4, 0.5) is 5.69 Å². The van der Waals surface area contributed by atoms with Gasteiger partial charge in [-0.05, 0) is 18.6 Å². The van der Waals surface area contributed by atoms with Crippen molar-refractivity contribution in [1.29, 1.82) is 0 Å². The zero-order valence-corrected chi connectivity index (χ0v) is 9.30. The Morgan fingerprint density at radius 2 is 2.00 bits per heavy atom. The topological polar surface area (TPSA) is 66.7 Å². The highest BCUT2D eigenvalue weighted by atomic mass is 16.4. The molecule has 1 heterocycles. The van der Waals surface area contributed by atoms with Crippen molar-refractivity contribution in [2.45, 2.75) is 13.3 Å². The van der Waals surface area contributed by atoms with Crippen LogP contribution in [0.2, 0.25) is 0 Å². The Kier molecular flexibility index (Phi) is 2.87. The van der Waals surface area contributed by atoms with E-state index in [9.17, 15) is 9.59 Å². The lowest BCUT2D eigenvalue weighted by Crippen LogP contribution is -2.13. The molecule has 1 aromatic rings. The first-order valence-corrected chi connectivity index (χ1v) is 5.20. The number of ketones is 1. The normalized spacial score (nSPS) is 16.3. The maximum atomic E-state index is 11.4. The Labute approximate surface area is 98.3 Å². The van der Waals surface area contributed by atoms with E-state index < -0.39 is 11.8 Å². The zero-order chi connectivity index (χ0) is 12.4. The smallest absolute Gasteiger partial charge is 0.339 e. The highest BCUT2D eigenvalue weighted by Gasteiger charge is 2.22. The molecule has 0 saturated carbocycles. The van der Waals surface area contributed by atoms with Gasteiger partial charge < -0.3 is 5.11 Å². The largest absolute Gasteiger partial charge is 0.478 e. The standard InChI is InChI=1S/C13H11NO3/c1-8(15)12(13(16)17)10-6-7-14-11-5-3-2-4-9(10)11/h2-5,7H,6H2,1H3,(H,16,17). The average molecular weight is 229 g/mol. The van der Waals surface area contributed by atoms with Crippen molar-refractivity contribution in [3.05, 3.63) is 35.4 Å². The van der Waals surface area contributed by atoms with Crippen molar-refractivity contribution >= 4 is 29.2 Å². The summed E-state index contributed by atoms with van der Waals surface area (Å²) in [7, 11) is 0. The maximum absolute atomic E-state index is 11.4. The number of carboxylic acid groups (broad SMARTS) is 1. The average Bonchev–Trinajstić information content (AvgIpc) is 2.28. The first kappa shape index (κ1) is 11.3. The number of aliphatic imine (C=N–C) groups is 1. The predicted octanol–water partition coefficient (Wildman–Crippen LogP) is 2.22. The molecule has 0 saturated heterocycles. The first-order chi connectivity index (χ1) is 8.11. The van der Waals surface area contributed by atoms with Gasteiger partial charge in [-0.2, -0.15) is 0 Å². The number of rotatable bonds is 2. The molecule has 17 heavy (non-hydrogen) atoms. The second-order valence-electron chi connectivity index (χ2n) is 3.75. The van der Waals surface area contributed by atoms with E-state index in [4.69, 9.17) is 5.11 Å². The zero-order valence-electron chi connectivity index (χ0n) is 9.30. The van der Waals surface area contributed by atoms with Gasteiger partial charge in [-0.15, -0.1) is 0 Å². The van der Waals surface area contributed by atoms with Gasteiger partial charge in [0.25, 0.3) is 0 Å². The van der Waals surface area contributed by atoms with Crippen LogP contribution in [0.25, 0.3) is 5.57 Å². The highest BCUT2D eigenvalue weighted by molar-refractivity contribution is 6.22. The summed E-state index contributed by atoms with van der Waals surface area (Å²) in [6, 6.07) is 7.21. The monoisotopic (exact) mass is 229 g/mol. The fourth-order valence-electron chi connectivity index (χ4n) is 1.92. The van der Waals surface area contributed by atoms with E-state index in [1.54, 1.807) is 24.4 Å². The summed E-state index contributed by atoms with van der Waals surface area (Å²) in [5.74, 6) is -1.62. The second kappa shape index (κ2) is 4.33. The predicted molar refractivity (Wildman–Crippen MR) is 64.4 cm³/mol. The summed E-state index contributed by atoms with van der Waals surface area (Å²) < 4.78 is 0. The van der Waals surface area contributed by atoms with Crippen LogP contribution in [0.15, 0.2) is 34.8 Å². The molecule has 0 amide bonds. The molecule has 1 aliphatic heterocycles. The van der Waals surface area contributed by atoms with Crippen LogP contribution in [-0.4, -0.2) is 23.1 Å². The number of para-hydroxylation sites is 1. The SMILES string of the molecule is CC(=O)C(C(=O)O)=C1CC=Nc2ccccc21. The Morgan fingerprint density at radius 3 is 2.65 bits per heavy atom. The molecule has 1 N–H and O–H groups in total. The van der Waals surface area contributed by atoms with E-state index >= 15 is 0 Å². The number of carbonyl (C=O) groups is 2. The number of aliphatic carboxylic acids is 1. The fourth-order valence-corrected chi connectivity index (χ4v) is 1.92. The minimum atomic E-state index is -1.18.